The average molecular weight is 334 g/mol. The molecule has 9 nitrogen and oxygen atoms in total. The first kappa shape index (κ1) is 19.6. The summed E-state index contributed by atoms with van der Waals surface area (Å²) < 4.78 is 4.50. The molecule has 10 heteroatoms. The Kier molecular flexibility index (Phi) is 7.84. The highest BCUT2D eigenvalue weighted by Crippen LogP contribution is 2.34. The maximum Gasteiger partial charge on any atom is 0.311 e. The Hall–Kier alpha value is -2.39. The molecule has 0 saturated heterocycles. The van der Waals surface area contributed by atoms with Crippen molar-refractivity contribution < 1.29 is 24.4 Å². The van der Waals surface area contributed by atoms with Crippen LogP contribution in [0.1, 0.15) is 18.0 Å². The second-order valence-corrected chi connectivity index (χ2v) is 4.08. The number of rotatable bonds is 6. The number of nitro groups is 1. The lowest BCUT2D eigenvalue weighted by Gasteiger charge is -2.18. The summed E-state index contributed by atoms with van der Waals surface area (Å²) in [7, 11) is 1.16. The van der Waals surface area contributed by atoms with E-state index in [1.54, 1.807) is 0 Å². The summed E-state index contributed by atoms with van der Waals surface area (Å²) in [5, 5.41) is 23.1. The monoisotopic (exact) mass is 333 g/mol. The van der Waals surface area contributed by atoms with Crippen LogP contribution < -0.4 is 11.1 Å². The number of hydrogen-bond donors (Lipinski definition) is 3. The van der Waals surface area contributed by atoms with Gasteiger partial charge in [0.1, 0.15) is 0 Å². The number of nitrogens with one attached hydrogen (secondary N) is 1. The quantitative estimate of drug-likeness (QED) is 0.388. The van der Waals surface area contributed by atoms with E-state index in [0.717, 1.165) is 13.2 Å². The number of methoxy groups -OCH3 is 1. The van der Waals surface area contributed by atoms with Gasteiger partial charge in [-0.2, -0.15) is 0 Å². The predicted octanol–water partition coefficient (Wildman–Crippen LogP) is 0.401. The Morgan fingerprint density at radius 2 is 2.14 bits per heavy atom. The normalized spacial score (nSPS) is 11.0. The summed E-state index contributed by atoms with van der Waals surface area (Å²) in [4.78, 5) is 32.8. The lowest BCUT2D eigenvalue weighted by molar-refractivity contribution is -0.386. The van der Waals surface area contributed by atoms with Gasteiger partial charge in [0.15, 0.2) is 5.75 Å². The number of benzene rings is 1. The fourth-order valence-corrected chi connectivity index (χ4v) is 1.72. The van der Waals surface area contributed by atoms with Crippen molar-refractivity contribution in [3.8, 4) is 5.75 Å². The summed E-state index contributed by atoms with van der Waals surface area (Å²) >= 11 is 0. The van der Waals surface area contributed by atoms with E-state index in [0.29, 0.717) is 0 Å². The zero-order valence-corrected chi connectivity index (χ0v) is 12.5. The maximum atomic E-state index is 11.4. The van der Waals surface area contributed by atoms with Crippen LogP contribution in [-0.2, 0) is 14.3 Å². The van der Waals surface area contributed by atoms with Crippen molar-refractivity contribution >= 4 is 30.0 Å². The van der Waals surface area contributed by atoms with E-state index >= 15 is 0 Å². The molecular weight excluding hydrogens is 318 g/mol. The molecule has 1 unspecified atom stereocenters. The van der Waals surface area contributed by atoms with Crippen LogP contribution >= 0.6 is 12.4 Å². The molecule has 0 aromatic heterocycles. The van der Waals surface area contributed by atoms with Gasteiger partial charge in [0.25, 0.3) is 0 Å². The summed E-state index contributed by atoms with van der Waals surface area (Å²) in [5.41, 5.74) is 4.69. The van der Waals surface area contributed by atoms with Crippen molar-refractivity contribution in [3.63, 3.8) is 0 Å². The SMILES string of the molecule is COC(=O)CC(NC(=O)CN)c1cccc([N+](=O)[O-])c1O.Cl. The molecule has 1 aromatic rings. The Balaban J connectivity index is 0.00000441. The molecule has 0 aliphatic heterocycles. The van der Waals surface area contributed by atoms with Crippen molar-refractivity contribution in [1.82, 2.24) is 5.32 Å². The van der Waals surface area contributed by atoms with Gasteiger partial charge in [0, 0.05) is 11.6 Å². The maximum absolute atomic E-state index is 11.4. The highest BCUT2D eigenvalue weighted by atomic mass is 35.5. The Morgan fingerprint density at radius 1 is 1.50 bits per heavy atom. The van der Waals surface area contributed by atoms with Gasteiger partial charge in [0.2, 0.25) is 5.91 Å². The third-order valence-corrected chi connectivity index (χ3v) is 2.74. The molecule has 0 radical (unpaired) electrons. The Bertz CT molecular complexity index is 548. The topological polar surface area (TPSA) is 145 Å². The van der Waals surface area contributed by atoms with Crippen molar-refractivity contribution in [2.45, 2.75) is 12.5 Å². The van der Waals surface area contributed by atoms with Gasteiger partial charge in [-0.3, -0.25) is 19.7 Å². The molecule has 1 atom stereocenters. The summed E-state index contributed by atoms with van der Waals surface area (Å²) in [6.07, 6.45) is -0.295. The lowest BCUT2D eigenvalue weighted by Crippen LogP contribution is -2.35. The molecule has 0 aliphatic carbocycles. The summed E-state index contributed by atoms with van der Waals surface area (Å²) in [6.45, 7) is -0.326. The average Bonchev–Trinajstić information content (AvgIpc) is 2.46. The number of ether oxygens (including phenoxy) is 1. The molecule has 0 spiro atoms. The smallest absolute Gasteiger partial charge is 0.311 e. The van der Waals surface area contributed by atoms with Crippen LogP contribution in [-0.4, -0.2) is 35.6 Å². The first-order chi connectivity index (χ1) is 9.90. The number of nitro benzene ring substituents is 1. The molecule has 0 bridgehead atoms. The Labute approximate surface area is 132 Å². The Morgan fingerprint density at radius 3 is 2.64 bits per heavy atom. The fourth-order valence-electron chi connectivity index (χ4n) is 1.72. The number of amides is 1. The highest BCUT2D eigenvalue weighted by molar-refractivity contribution is 5.85. The number of phenols is 1. The van der Waals surface area contributed by atoms with Crippen LogP contribution in [0.2, 0.25) is 0 Å². The van der Waals surface area contributed by atoms with Crippen LogP contribution in [0.3, 0.4) is 0 Å². The molecule has 0 heterocycles. The van der Waals surface area contributed by atoms with Crippen LogP contribution in [0.5, 0.6) is 5.75 Å². The first-order valence-electron chi connectivity index (χ1n) is 5.93. The third-order valence-electron chi connectivity index (χ3n) is 2.74. The van der Waals surface area contributed by atoms with Gasteiger partial charge in [-0.25, -0.2) is 0 Å². The lowest BCUT2D eigenvalue weighted by atomic mass is 10.0. The molecule has 4 N–H and O–H groups in total. The molecule has 0 fully saturated rings. The molecular formula is C12H16ClN3O6. The van der Waals surface area contributed by atoms with Gasteiger partial charge in [0.05, 0.1) is 31.0 Å². The number of halogens is 1. The first-order valence-corrected chi connectivity index (χ1v) is 5.93. The zero-order valence-electron chi connectivity index (χ0n) is 11.6. The molecule has 0 saturated carbocycles. The van der Waals surface area contributed by atoms with E-state index in [4.69, 9.17) is 5.73 Å². The molecule has 1 rings (SSSR count). The number of nitrogens with zero attached hydrogens (tertiary/aromatic N) is 1. The summed E-state index contributed by atoms with van der Waals surface area (Å²) in [6, 6.07) is 2.84. The number of esters is 1. The molecule has 22 heavy (non-hydrogen) atoms. The van der Waals surface area contributed by atoms with Gasteiger partial charge in [-0.15, -0.1) is 12.4 Å². The fraction of sp³-hybridized carbons (Fsp3) is 0.333. The van der Waals surface area contributed by atoms with Gasteiger partial charge in [-0.05, 0) is 0 Å². The van der Waals surface area contributed by atoms with Crippen LogP contribution in [0, 0.1) is 10.1 Å². The van der Waals surface area contributed by atoms with Gasteiger partial charge in [-0.1, -0.05) is 12.1 Å². The number of nitrogens with two attached hydrogens (primary N) is 1. The minimum atomic E-state index is -0.978. The zero-order chi connectivity index (χ0) is 16.0. The van der Waals surface area contributed by atoms with Crippen molar-refractivity contribution in [2.24, 2.45) is 5.73 Å². The molecule has 0 aliphatic rings. The van der Waals surface area contributed by atoms with Crippen molar-refractivity contribution in [1.29, 1.82) is 0 Å². The van der Waals surface area contributed by atoms with Crippen molar-refractivity contribution in [2.75, 3.05) is 13.7 Å². The predicted molar refractivity (Wildman–Crippen MR) is 78.6 cm³/mol. The highest BCUT2D eigenvalue weighted by Gasteiger charge is 2.25. The number of carbonyl (C=O) groups is 2. The number of carbonyl (C=O) groups excluding carboxylic acids is 2. The second-order valence-electron chi connectivity index (χ2n) is 4.08. The van der Waals surface area contributed by atoms with E-state index in [1.807, 2.05) is 0 Å². The minimum absolute atomic E-state index is 0. The summed E-state index contributed by atoms with van der Waals surface area (Å²) in [5.74, 6) is -1.84. The number of para-hydroxylation sites is 1. The number of aromatic hydroxyl groups is 1. The van der Waals surface area contributed by atoms with E-state index in [1.165, 1.54) is 12.1 Å². The molecule has 1 aromatic carbocycles. The standard InChI is InChI=1S/C12H15N3O6.ClH/c1-21-11(17)5-8(14-10(16)6-13)7-3-2-4-9(12(7)18)15(19)20;/h2-4,8,18H,5-6,13H2,1H3,(H,14,16);1H. The number of phenolic OH excluding ortho intramolecular Hbond substituents is 1. The molecule has 1 amide bonds. The van der Waals surface area contributed by atoms with Crippen molar-refractivity contribution in [3.05, 3.63) is 33.9 Å². The van der Waals surface area contributed by atoms with Gasteiger partial charge >= 0.3 is 11.7 Å². The van der Waals surface area contributed by atoms with Crippen LogP contribution in [0.25, 0.3) is 0 Å². The van der Waals surface area contributed by atoms with E-state index in [-0.39, 0.29) is 30.9 Å². The van der Waals surface area contributed by atoms with E-state index < -0.39 is 34.3 Å². The minimum Gasteiger partial charge on any atom is -0.502 e. The third kappa shape index (κ3) is 4.86. The van der Waals surface area contributed by atoms with Crippen LogP contribution in [0.4, 0.5) is 5.69 Å². The van der Waals surface area contributed by atoms with Gasteiger partial charge < -0.3 is 20.9 Å². The second kappa shape index (κ2) is 8.80. The van der Waals surface area contributed by atoms with Crippen LogP contribution in [0.15, 0.2) is 18.2 Å². The van der Waals surface area contributed by atoms with E-state index in [9.17, 15) is 24.8 Å². The van der Waals surface area contributed by atoms with E-state index in [2.05, 4.69) is 10.1 Å². The molecule has 122 valence electrons. The number of hydrogen-bond acceptors (Lipinski definition) is 7. The largest absolute Gasteiger partial charge is 0.502 e.